The third kappa shape index (κ3) is 5.69. The Bertz CT molecular complexity index is 1030. The van der Waals surface area contributed by atoms with E-state index in [1.807, 2.05) is 24.4 Å². The lowest BCUT2D eigenvalue weighted by atomic mass is 9.74. The third-order valence-electron chi connectivity index (χ3n) is 6.67. The molecule has 1 atom stereocenters. The predicted octanol–water partition coefficient (Wildman–Crippen LogP) is 6.37. The molecular formula is C29H38N2O3. The van der Waals surface area contributed by atoms with Crippen LogP contribution in [0.25, 0.3) is 5.57 Å². The van der Waals surface area contributed by atoms with Crippen LogP contribution in [0, 0.1) is 5.92 Å². The van der Waals surface area contributed by atoms with Crippen molar-refractivity contribution >= 4 is 17.6 Å². The summed E-state index contributed by atoms with van der Waals surface area (Å²) in [7, 11) is 0. The van der Waals surface area contributed by atoms with E-state index in [-0.39, 0.29) is 19.0 Å². The maximum atomic E-state index is 13.2. The molecule has 34 heavy (non-hydrogen) atoms. The van der Waals surface area contributed by atoms with E-state index in [1.165, 1.54) is 16.0 Å². The summed E-state index contributed by atoms with van der Waals surface area (Å²) in [6.45, 7) is 8.95. The second-order valence-corrected chi connectivity index (χ2v) is 9.60. The molecule has 0 unspecified atom stereocenters. The molecule has 0 radical (unpaired) electrons. The lowest BCUT2D eigenvalue weighted by Gasteiger charge is -2.43. The van der Waals surface area contributed by atoms with Crippen molar-refractivity contribution in [2.75, 3.05) is 6.54 Å². The van der Waals surface area contributed by atoms with Crippen LogP contribution in [0.3, 0.4) is 0 Å². The quantitative estimate of drug-likeness (QED) is 0.407. The van der Waals surface area contributed by atoms with Gasteiger partial charge in [0, 0.05) is 18.3 Å². The molecule has 182 valence electrons. The summed E-state index contributed by atoms with van der Waals surface area (Å²) in [6.07, 6.45) is 6.54. The summed E-state index contributed by atoms with van der Waals surface area (Å²) < 4.78 is 0. The number of carbonyl (C=O) groups is 2. The first-order valence-corrected chi connectivity index (χ1v) is 12.5. The highest BCUT2D eigenvalue weighted by atomic mass is 16.4. The van der Waals surface area contributed by atoms with E-state index in [0.717, 1.165) is 48.8 Å². The smallest absolute Gasteiger partial charge is 0.322 e. The van der Waals surface area contributed by atoms with Crippen LogP contribution in [0.1, 0.15) is 75.6 Å². The number of hydrogen-bond donors (Lipinski definition) is 2. The second kappa shape index (κ2) is 11.4. The van der Waals surface area contributed by atoms with Crippen LogP contribution in [0.2, 0.25) is 0 Å². The second-order valence-electron chi connectivity index (χ2n) is 9.60. The molecule has 0 saturated carbocycles. The number of carboxylic acids is 1. The van der Waals surface area contributed by atoms with E-state index in [2.05, 4.69) is 63.3 Å². The fraction of sp³-hybridized carbons (Fsp3) is 0.448. The molecule has 2 aromatic carbocycles. The molecule has 3 rings (SSSR count). The molecule has 1 aliphatic heterocycles. The zero-order valence-corrected chi connectivity index (χ0v) is 20.9. The molecule has 0 bridgehead atoms. The summed E-state index contributed by atoms with van der Waals surface area (Å²) in [6, 6.07) is 16.5. The van der Waals surface area contributed by atoms with E-state index in [1.54, 1.807) is 0 Å². The highest BCUT2D eigenvalue weighted by molar-refractivity contribution is 5.89. The Labute approximate surface area is 203 Å². The average molecular weight is 463 g/mol. The Morgan fingerprint density at radius 1 is 1.09 bits per heavy atom. The number of nitrogens with one attached hydrogen (secondary N) is 1. The molecule has 1 aliphatic rings. The van der Waals surface area contributed by atoms with Gasteiger partial charge in [0.15, 0.2) is 0 Å². The first-order chi connectivity index (χ1) is 16.3. The minimum atomic E-state index is -0.919. The Morgan fingerprint density at radius 2 is 1.82 bits per heavy atom. The lowest BCUT2D eigenvalue weighted by molar-refractivity contribution is -0.137. The molecule has 5 heteroatoms. The van der Waals surface area contributed by atoms with E-state index < -0.39 is 11.5 Å². The molecule has 0 saturated heterocycles. The lowest BCUT2D eigenvalue weighted by Crippen LogP contribution is -2.55. The van der Waals surface area contributed by atoms with Gasteiger partial charge in [0.1, 0.15) is 0 Å². The molecule has 2 amide bonds. The Balaban J connectivity index is 2.14. The van der Waals surface area contributed by atoms with Gasteiger partial charge in [-0.05, 0) is 53.9 Å². The Kier molecular flexibility index (Phi) is 8.54. The molecule has 2 aromatic rings. The van der Waals surface area contributed by atoms with Gasteiger partial charge in [-0.25, -0.2) is 4.79 Å². The van der Waals surface area contributed by atoms with Crippen LogP contribution in [0.4, 0.5) is 4.79 Å². The summed E-state index contributed by atoms with van der Waals surface area (Å²) in [5.41, 5.74) is 5.13. The fourth-order valence-electron chi connectivity index (χ4n) is 4.82. The number of amides is 2. The van der Waals surface area contributed by atoms with Gasteiger partial charge in [0.05, 0.1) is 12.0 Å². The highest BCUT2D eigenvalue weighted by Gasteiger charge is 2.42. The largest absolute Gasteiger partial charge is 0.481 e. The molecule has 0 aliphatic carbocycles. The van der Waals surface area contributed by atoms with Gasteiger partial charge >= 0.3 is 12.0 Å². The van der Waals surface area contributed by atoms with E-state index >= 15 is 0 Å². The molecule has 5 nitrogen and oxygen atoms in total. The number of hydrogen-bond acceptors (Lipinski definition) is 2. The maximum absolute atomic E-state index is 13.2. The topological polar surface area (TPSA) is 69.6 Å². The van der Waals surface area contributed by atoms with Crippen molar-refractivity contribution in [3.05, 3.63) is 77.0 Å². The monoisotopic (exact) mass is 462 g/mol. The van der Waals surface area contributed by atoms with Crippen molar-refractivity contribution in [3.8, 4) is 0 Å². The SMILES string of the molecule is CCC[C@@]1(c2ccc(CCC(C)C)c(CC)c2)NC(=O)N(CCC(=O)O)C=C1c1ccccc1. The van der Waals surface area contributed by atoms with Gasteiger partial charge in [-0.15, -0.1) is 0 Å². The standard InChI is InChI=1S/C29H38N2O3/c1-5-17-29(25-15-14-23(13-12-21(3)4)22(6-2)19-25)26(24-10-8-7-9-11-24)20-31(28(34)30-29)18-16-27(32)33/h7-11,14-15,19-21H,5-6,12-13,16-18H2,1-4H3,(H,30,34)(H,32,33)/t29-/m0/s1. The maximum Gasteiger partial charge on any atom is 0.322 e. The van der Waals surface area contributed by atoms with Crippen LogP contribution in [-0.2, 0) is 23.2 Å². The summed E-state index contributed by atoms with van der Waals surface area (Å²) in [5.74, 6) is -0.268. The van der Waals surface area contributed by atoms with Crippen molar-refractivity contribution in [2.24, 2.45) is 5.92 Å². The van der Waals surface area contributed by atoms with Crippen molar-refractivity contribution in [1.82, 2.24) is 10.2 Å². The number of urea groups is 1. The highest BCUT2D eigenvalue weighted by Crippen LogP contribution is 2.43. The summed E-state index contributed by atoms with van der Waals surface area (Å²) in [5, 5.41) is 12.5. The molecule has 0 spiro atoms. The minimum Gasteiger partial charge on any atom is -0.481 e. The van der Waals surface area contributed by atoms with Crippen molar-refractivity contribution < 1.29 is 14.7 Å². The minimum absolute atomic E-state index is 0.0999. The molecule has 1 heterocycles. The number of benzene rings is 2. The number of carbonyl (C=O) groups excluding carboxylic acids is 1. The average Bonchev–Trinajstić information content (AvgIpc) is 2.82. The normalized spacial score (nSPS) is 18.1. The molecule has 0 aromatic heterocycles. The first-order valence-electron chi connectivity index (χ1n) is 12.5. The third-order valence-corrected chi connectivity index (χ3v) is 6.67. The van der Waals surface area contributed by atoms with Gasteiger partial charge < -0.3 is 15.3 Å². The van der Waals surface area contributed by atoms with Crippen molar-refractivity contribution in [2.45, 2.75) is 71.8 Å². The van der Waals surface area contributed by atoms with Gasteiger partial charge in [-0.2, -0.15) is 0 Å². The van der Waals surface area contributed by atoms with E-state index in [0.29, 0.717) is 5.92 Å². The van der Waals surface area contributed by atoms with Crippen LogP contribution in [-0.4, -0.2) is 28.6 Å². The van der Waals surface area contributed by atoms with Crippen molar-refractivity contribution in [3.63, 3.8) is 0 Å². The van der Waals surface area contributed by atoms with Crippen LogP contribution < -0.4 is 5.32 Å². The molecular weight excluding hydrogens is 424 g/mol. The van der Waals surface area contributed by atoms with E-state index in [9.17, 15) is 9.59 Å². The Hall–Kier alpha value is -3.08. The zero-order valence-electron chi connectivity index (χ0n) is 20.9. The number of aryl methyl sites for hydroxylation is 2. The van der Waals surface area contributed by atoms with Crippen LogP contribution in [0.5, 0.6) is 0 Å². The first kappa shape index (κ1) is 25.5. The molecule has 0 fully saturated rings. The summed E-state index contributed by atoms with van der Waals surface area (Å²) >= 11 is 0. The number of carboxylic acid groups (broad SMARTS) is 1. The number of nitrogens with zero attached hydrogens (tertiary/aromatic N) is 1. The van der Waals surface area contributed by atoms with E-state index in [4.69, 9.17) is 5.11 Å². The molecule has 2 N–H and O–H groups in total. The summed E-state index contributed by atoms with van der Waals surface area (Å²) in [4.78, 5) is 25.9. The van der Waals surface area contributed by atoms with Gasteiger partial charge in [0.2, 0.25) is 0 Å². The zero-order chi connectivity index (χ0) is 24.7. The number of rotatable bonds is 11. The van der Waals surface area contributed by atoms with Crippen LogP contribution >= 0.6 is 0 Å². The van der Waals surface area contributed by atoms with Gasteiger partial charge in [-0.1, -0.05) is 82.6 Å². The van der Waals surface area contributed by atoms with Gasteiger partial charge in [0.25, 0.3) is 0 Å². The van der Waals surface area contributed by atoms with Crippen molar-refractivity contribution in [1.29, 1.82) is 0 Å². The van der Waals surface area contributed by atoms with Gasteiger partial charge in [-0.3, -0.25) is 4.79 Å². The number of aliphatic carboxylic acids is 1. The Morgan fingerprint density at radius 3 is 2.44 bits per heavy atom. The fourth-order valence-corrected chi connectivity index (χ4v) is 4.82. The predicted molar refractivity (Wildman–Crippen MR) is 137 cm³/mol. The van der Waals surface area contributed by atoms with Crippen LogP contribution in [0.15, 0.2) is 54.7 Å².